The van der Waals surface area contributed by atoms with E-state index in [2.05, 4.69) is 22.5 Å². The minimum absolute atomic E-state index is 0.0655. The van der Waals surface area contributed by atoms with Gasteiger partial charge in [0.15, 0.2) is 5.75 Å². The highest BCUT2D eigenvalue weighted by Gasteiger charge is 2.23. The molecule has 7 heteroatoms. The van der Waals surface area contributed by atoms with Crippen molar-refractivity contribution in [3.05, 3.63) is 56.9 Å². The maximum absolute atomic E-state index is 11.8. The van der Waals surface area contributed by atoms with E-state index in [0.29, 0.717) is 6.42 Å². The zero-order valence-electron chi connectivity index (χ0n) is 13.5. The maximum Gasteiger partial charge on any atom is 0.254 e. The molecule has 0 saturated carbocycles. The number of amides is 1. The van der Waals surface area contributed by atoms with Gasteiger partial charge in [0.25, 0.3) is 16.8 Å². The fourth-order valence-electron chi connectivity index (χ4n) is 2.30. The predicted molar refractivity (Wildman–Crippen MR) is 94.0 cm³/mol. The molecule has 0 spiro atoms. The highest BCUT2D eigenvalue weighted by Crippen LogP contribution is 2.31. The molecule has 24 heavy (non-hydrogen) atoms. The van der Waals surface area contributed by atoms with Crippen molar-refractivity contribution in [3.63, 3.8) is 0 Å². The number of carbonyl (C=O) groups is 1. The van der Waals surface area contributed by atoms with Crippen LogP contribution in [0.2, 0.25) is 0 Å². The van der Waals surface area contributed by atoms with Crippen LogP contribution in [0.25, 0.3) is 0 Å². The van der Waals surface area contributed by atoms with Crippen LogP contribution in [0.15, 0.2) is 40.4 Å². The molecule has 0 aliphatic rings. The third kappa shape index (κ3) is 3.15. The van der Waals surface area contributed by atoms with E-state index in [0.717, 1.165) is 0 Å². The van der Waals surface area contributed by atoms with Gasteiger partial charge in [-0.1, -0.05) is 12.1 Å². The number of para-hydroxylation sites is 1. The molecule has 1 atom stereocenters. The van der Waals surface area contributed by atoms with Gasteiger partial charge >= 0.3 is 0 Å². The largest absolute Gasteiger partial charge is 0.505 e. The van der Waals surface area contributed by atoms with E-state index in [1.165, 1.54) is 19.2 Å². The second-order valence-electron chi connectivity index (χ2n) is 5.38. The van der Waals surface area contributed by atoms with Gasteiger partial charge in [-0.05, 0) is 25.5 Å². The third-order valence-corrected chi connectivity index (χ3v) is 3.59. The number of phenols is 1. The highest BCUT2D eigenvalue weighted by atomic mass is 16.3. The minimum atomic E-state index is -0.673. The van der Waals surface area contributed by atoms with E-state index in [9.17, 15) is 19.5 Å². The molecule has 0 aliphatic carbocycles. The lowest BCUT2D eigenvalue weighted by Crippen LogP contribution is -2.38. The Bertz CT molecular complexity index is 850. The molecule has 2 rings (SSSR count). The normalized spacial score (nSPS) is 11.8. The summed E-state index contributed by atoms with van der Waals surface area (Å²) in [5.41, 5.74) is -0.818. The number of phenolic OH excluding ortho intramolecular Hbond substituents is 1. The summed E-state index contributed by atoms with van der Waals surface area (Å²) < 4.78 is 0. The molecule has 126 valence electrons. The molecule has 0 aliphatic heterocycles. The molecule has 0 radical (unpaired) electrons. The number of hydrogen-bond acceptors (Lipinski definition) is 6. The number of hydrogen-bond donors (Lipinski definition) is 4. The molecular formula is C17H19N3O4. The molecule has 1 unspecified atom stereocenters. The SMILES string of the molecule is C=CCC(C)Nc1c(Nc2cccc(C(=O)NC)c2O)c(=O)c1=O. The second-order valence-corrected chi connectivity index (χ2v) is 5.38. The first-order chi connectivity index (χ1) is 11.4. The summed E-state index contributed by atoms with van der Waals surface area (Å²) in [6.07, 6.45) is 2.32. The average Bonchev–Trinajstić information content (AvgIpc) is 2.58. The van der Waals surface area contributed by atoms with Crippen LogP contribution in [0.1, 0.15) is 23.7 Å². The van der Waals surface area contributed by atoms with Crippen LogP contribution in [-0.4, -0.2) is 24.1 Å². The van der Waals surface area contributed by atoms with Crippen LogP contribution in [0, 0.1) is 0 Å². The lowest BCUT2D eigenvalue weighted by atomic mass is 10.1. The van der Waals surface area contributed by atoms with Crippen molar-refractivity contribution in [3.8, 4) is 5.75 Å². The fourth-order valence-corrected chi connectivity index (χ4v) is 2.30. The molecule has 7 nitrogen and oxygen atoms in total. The van der Waals surface area contributed by atoms with Gasteiger partial charge in [0, 0.05) is 13.1 Å². The second kappa shape index (κ2) is 6.99. The Kier molecular flexibility index (Phi) is 5.03. The molecular weight excluding hydrogens is 310 g/mol. The summed E-state index contributed by atoms with van der Waals surface area (Å²) in [5, 5.41) is 18.3. The zero-order valence-corrected chi connectivity index (χ0v) is 13.5. The Balaban J connectivity index is 2.32. The van der Waals surface area contributed by atoms with Gasteiger partial charge in [0.05, 0.1) is 11.3 Å². The van der Waals surface area contributed by atoms with Gasteiger partial charge in [-0.25, -0.2) is 0 Å². The molecule has 0 bridgehead atoms. The van der Waals surface area contributed by atoms with E-state index in [1.54, 1.807) is 12.1 Å². The van der Waals surface area contributed by atoms with Gasteiger partial charge in [0.2, 0.25) is 0 Å². The monoisotopic (exact) mass is 329 g/mol. The molecule has 1 amide bonds. The van der Waals surface area contributed by atoms with Crippen LogP contribution in [0.5, 0.6) is 5.75 Å². The highest BCUT2D eigenvalue weighted by molar-refractivity contribution is 5.99. The van der Waals surface area contributed by atoms with Crippen molar-refractivity contribution in [2.24, 2.45) is 0 Å². The van der Waals surface area contributed by atoms with Crippen LogP contribution in [0.3, 0.4) is 0 Å². The molecule has 0 saturated heterocycles. The first-order valence-electron chi connectivity index (χ1n) is 7.42. The Hall–Kier alpha value is -3.09. The van der Waals surface area contributed by atoms with Crippen molar-refractivity contribution in [1.29, 1.82) is 0 Å². The summed E-state index contributed by atoms with van der Waals surface area (Å²) >= 11 is 0. The van der Waals surface area contributed by atoms with Gasteiger partial charge < -0.3 is 21.1 Å². The summed E-state index contributed by atoms with van der Waals surface area (Å²) in [5.74, 6) is -0.755. The number of anilines is 3. The van der Waals surface area contributed by atoms with E-state index < -0.39 is 16.8 Å². The number of carbonyl (C=O) groups excluding carboxylic acids is 1. The molecule has 0 fully saturated rings. The first-order valence-corrected chi connectivity index (χ1v) is 7.42. The first kappa shape index (κ1) is 17.3. The van der Waals surface area contributed by atoms with Crippen molar-refractivity contribution in [1.82, 2.24) is 5.32 Å². The van der Waals surface area contributed by atoms with Gasteiger partial charge in [-0.15, -0.1) is 6.58 Å². The van der Waals surface area contributed by atoms with Gasteiger partial charge in [0.1, 0.15) is 11.4 Å². The quantitative estimate of drug-likeness (QED) is 0.348. The zero-order chi connectivity index (χ0) is 17.9. The van der Waals surface area contributed by atoms with Crippen LogP contribution in [-0.2, 0) is 0 Å². The smallest absolute Gasteiger partial charge is 0.254 e. The van der Waals surface area contributed by atoms with E-state index >= 15 is 0 Å². The van der Waals surface area contributed by atoms with E-state index in [1.807, 2.05) is 6.92 Å². The summed E-state index contributed by atoms with van der Waals surface area (Å²) in [4.78, 5) is 35.3. The number of rotatable bonds is 7. The number of benzene rings is 1. The maximum atomic E-state index is 11.8. The summed E-state index contributed by atoms with van der Waals surface area (Å²) in [6.45, 7) is 5.48. The Labute approximate surface area is 138 Å². The topological polar surface area (TPSA) is 108 Å². The fraction of sp³-hybridized carbons (Fsp3) is 0.235. The lowest BCUT2D eigenvalue weighted by molar-refractivity contribution is 0.0960. The predicted octanol–water partition coefficient (Wildman–Crippen LogP) is 1.47. The number of nitrogens with one attached hydrogen (secondary N) is 3. The molecule has 2 aromatic carbocycles. The van der Waals surface area contributed by atoms with Crippen molar-refractivity contribution >= 4 is 23.0 Å². The molecule has 0 aromatic heterocycles. The van der Waals surface area contributed by atoms with Crippen molar-refractivity contribution in [2.75, 3.05) is 17.7 Å². The van der Waals surface area contributed by atoms with Gasteiger partial charge in [-0.2, -0.15) is 0 Å². The summed E-state index contributed by atoms with van der Waals surface area (Å²) in [6, 6.07) is 4.45. The molecule has 2 aromatic rings. The van der Waals surface area contributed by atoms with Crippen LogP contribution in [0.4, 0.5) is 17.1 Å². The van der Waals surface area contributed by atoms with E-state index in [4.69, 9.17) is 0 Å². The third-order valence-electron chi connectivity index (χ3n) is 3.59. The lowest BCUT2D eigenvalue weighted by Gasteiger charge is -2.19. The average molecular weight is 329 g/mol. The Morgan fingerprint density at radius 1 is 1.29 bits per heavy atom. The minimum Gasteiger partial charge on any atom is -0.505 e. The Morgan fingerprint density at radius 3 is 2.58 bits per heavy atom. The summed E-state index contributed by atoms with van der Waals surface area (Å²) in [7, 11) is 1.45. The van der Waals surface area contributed by atoms with Crippen molar-refractivity contribution in [2.45, 2.75) is 19.4 Å². The molecule has 0 heterocycles. The molecule has 4 N–H and O–H groups in total. The van der Waals surface area contributed by atoms with E-state index in [-0.39, 0.29) is 34.4 Å². The van der Waals surface area contributed by atoms with Gasteiger partial charge in [-0.3, -0.25) is 14.4 Å². The number of aromatic hydroxyl groups is 1. The van der Waals surface area contributed by atoms with Crippen molar-refractivity contribution < 1.29 is 9.90 Å². The van der Waals surface area contributed by atoms with Crippen LogP contribution >= 0.6 is 0 Å². The Morgan fingerprint density at radius 2 is 1.96 bits per heavy atom. The van der Waals surface area contributed by atoms with Crippen LogP contribution < -0.4 is 26.8 Å². The standard InChI is InChI=1S/C17H19N3O4/c1-4-6-9(2)19-12-13(16(23)15(12)22)20-11-8-5-7-10(14(11)21)17(24)18-3/h4-5,7-9,19-21H,1,6H2,2-3H3,(H,18,24).